The lowest BCUT2D eigenvalue weighted by Crippen LogP contribution is -2.14. The number of hydrogen-bond acceptors (Lipinski definition) is 5. The third-order valence-corrected chi connectivity index (χ3v) is 4.83. The van der Waals surface area contributed by atoms with E-state index in [4.69, 9.17) is 4.74 Å². The minimum atomic E-state index is -3.75. The molecule has 0 bridgehead atoms. The van der Waals surface area contributed by atoms with E-state index >= 15 is 0 Å². The summed E-state index contributed by atoms with van der Waals surface area (Å²) in [5.41, 5.74) is 1.99. The first kappa shape index (κ1) is 15.5. The molecule has 1 aromatic heterocycles. The Labute approximate surface area is 124 Å². The molecule has 0 spiro atoms. The monoisotopic (exact) mass is 309 g/mol. The standard InChI is InChI=1S/C14H19N3O3S/c1-5-20-13-6-11(4)12(10(2)3)7-14(13)21(18,19)17-8-15-16-9-17/h6-10H,5H2,1-4H3. The molecule has 0 amide bonds. The Hall–Kier alpha value is -1.89. The minimum absolute atomic E-state index is 0.137. The number of aryl methyl sites for hydroxylation is 1. The summed E-state index contributed by atoms with van der Waals surface area (Å²) in [7, 11) is -3.75. The summed E-state index contributed by atoms with van der Waals surface area (Å²) in [6.45, 7) is 8.22. The zero-order valence-corrected chi connectivity index (χ0v) is 13.4. The van der Waals surface area contributed by atoms with Crippen molar-refractivity contribution in [3.05, 3.63) is 35.9 Å². The van der Waals surface area contributed by atoms with Crippen LogP contribution in [0.1, 0.15) is 37.8 Å². The number of benzene rings is 1. The Balaban J connectivity index is 2.68. The lowest BCUT2D eigenvalue weighted by Gasteiger charge is -2.17. The molecule has 0 N–H and O–H groups in total. The van der Waals surface area contributed by atoms with Crippen LogP contribution in [-0.4, -0.2) is 29.2 Å². The molecule has 0 radical (unpaired) electrons. The van der Waals surface area contributed by atoms with Crippen LogP contribution in [-0.2, 0) is 10.0 Å². The molecule has 2 rings (SSSR count). The predicted molar refractivity (Wildman–Crippen MR) is 79.0 cm³/mol. The molecule has 0 aliphatic carbocycles. The fraction of sp³-hybridized carbons (Fsp3) is 0.429. The molecule has 0 aliphatic rings. The van der Waals surface area contributed by atoms with E-state index in [1.54, 1.807) is 12.1 Å². The average molecular weight is 309 g/mol. The molecule has 0 aliphatic heterocycles. The normalized spacial score (nSPS) is 11.9. The van der Waals surface area contributed by atoms with E-state index in [2.05, 4.69) is 10.2 Å². The second-order valence-corrected chi connectivity index (χ2v) is 6.85. The van der Waals surface area contributed by atoms with Gasteiger partial charge in [0.05, 0.1) is 6.61 Å². The summed E-state index contributed by atoms with van der Waals surface area (Å²) in [4.78, 5) is 0.137. The molecule has 21 heavy (non-hydrogen) atoms. The van der Waals surface area contributed by atoms with Crippen molar-refractivity contribution in [1.82, 2.24) is 14.2 Å². The molecule has 0 saturated heterocycles. The van der Waals surface area contributed by atoms with E-state index in [0.29, 0.717) is 12.4 Å². The smallest absolute Gasteiger partial charge is 0.273 e. The second-order valence-electron chi connectivity index (χ2n) is 5.04. The van der Waals surface area contributed by atoms with Crippen LogP contribution in [0.5, 0.6) is 5.75 Å². The van der Waals surface area contributed by atoms with Gasteiger partial charge in [-0.1, -0.05) is 13.8 Å². The molecule has 0 saturated carbocycles. The molecule has 1 aromatic carbocycles. The fourth-order valence-corrected chi connectivity index (χ4v) is 3.41. The van der Waals surface area contributed by atoms with Gasteiger partial charge in [0.1, 0.15) is 23.3 Å². The molecular weight excluding hydrogens is 290 g/mol. The second kappa shape index (κ2) is 5.85. The number of ether oxygens (including phenoxy) is 1. The highest BCUT2D eigenvalue weighted by Gasteiger charge is 2.24. The maximum atomic E-state index is 12.7. The zero-order valence-electron chi connectivity index (χ0n) is 12.6. The van der Waals surface area contributed by atoms with Gasteiger partial charge in [-0.3, -0.25) is 0 Å². The first-order valence-electron chi connectivity index (χ1n) is 6.75. The Morgan fingerprint density at radius 3 is 2.38 bits per heavy atom. The molecule has 7 heteroatoms. The number of hydrogen-bond donors (Lipinski definition) is 0. The van der Waals surface area contributed by atoms with Crippen LogP contribution in [0.15, 0.2) is 29.7 Å². The Morgan fingerprint density at radius 2 is 1.86 bits per heavy atom. The van der Waals surface area contributed by atoms with E-state index in [-0.39, 0.29) is 10.8 Å². The third kappa shape index (κ3) is 2.92. The minimum Gasteiger partial charge on any atom is -0.492 e. The van der Waals surface area contributed by atoms with E-state index in [1.807, 2.05) is 27.7 Å². The quantitative estimate of drug-likeness (QED) is 0.847. The van der Waals surface area contributed by atoms with Gasteiger partial charge < -0.3 is 4.74 Å². The van der Waals surface area contributed by atoms with Gasteiger partial charge in [-0.05, 0) is 43.0 Å². The van der Waals surface area contributed by atoms with Crippen molar-refractivity contribution < 1.29 is 13.2 Å². The van der Waals surface area contributed by atoms with Gasteiger partial charge in [-0.25, -0.2) is 12.4 Å². The topological polar surface area (TPSA) is 74.1 Å². The fourth-order valence-electron chi connectivity index (χ4n) is 2.20. The molecule has 1 heterocycles. The molecule has 114 valence electrons. The van der Waals surface area contributed by atoms with E-state index in [0.717, 1.165) is 15.1 Å². The highest BCUT2D eigenvalue weighted by molar-refractivity contribution is 7.90. The van der Waals surface area contributed by atoms with Crippen LogP contribution in [0.3, 0.4) is 0 Å². The molecule has 0 unspecified atom stereocenters. The molecular formula is C14H19N3O3S. The first-order valence-corrected chi connectivity index (χ1v) is 8.19. The van der Waals surface area contributed by atoms with E-state index in [1.165, 1.54) is 12.7 Å². The average Bonchev–Trinajstić information content (AvgIpc) is 2.93. The maximum Gasteiger partial charge on any atom is 0.273 e. The van der Waals surface area contributed by atoms with Crippen molar-refractivity contribution in [3.63, 3.8) is 0 Å². The maximum absolute atomic E-state index is 12.7. The van der Waals surface area contributed by atoms with Crippen LogP contribution < -0.4 is 4.74 Å². The van der Waals surface area contributed by atoms with Crippen LogP contribution in [0.2, 0.25) is 0 Å². The Kier molecular flexibility index (Phi) is 4.32. The Bertz CT molecular complexity index is 722. The predicted octanol–water partition coefficient (Wildman–Crippen LogP) is 2.35. The van der Waals surface area contributed by atoms with Gasteiger partial charge in [0.15, 0.2) is 0 Å². The largest absolute Gasteiger partial charge is 0.492 e. The number of rotatable bonds is 5. The summed E-state index contributed by atoms with van der Waals surface area (Å²) >= 11 is 0. The lowest BCUT2D eigenvalue weighted by molar-refractivity contribution is 0.330. The number of aromatic nitrogens is 3. The van der Waals surface area contributed by atoms with Gasteiger partial charge in [0, 0.05) is 0 Å². The van der Waals surface area contributed by atoms with E-state index < -0.39 is 10.0 Å². The van der Waals surface area contributed by atoms with Gasteiger partial charge >= 0.3 is 0 Å². The first-order chi connectivity index (χ1) is 9.87. The Morgan fingerprint density at radius 1 is 1.24 bits per heavy atom. The van der Waals surface area contributed by atoms with Gasteiger partial charge in [-0.2, -0.15) is 0 Å². The highest BCUT2D eigenvalue weighted by atomic mass is 32.2. The number of nitrogens with zero attached hydrogens (tertiary/aromatic N) is 3. The van der Waals surface area contributed by atoms with Crippen molar-refractivity contribution in [2.75, 3.05) is 6.61 Å². The van der Waals surface area contributed by atoms with Crippen LogP contribution >= 0.6 is 0 Å². The molecule has 2 aromatic rings. The van der Waals surface area contributed by atoms with Crippen molar-refractivity contribution in [1.29, 1.82) is 0 Å². The van der Waals surface area contributed by atoms with Gasteiger partial charge in [0.25, 0.3) is 10.0 Å². The summed E-state index contributed by atoms with van der Waals surface area (Å²) in [6, 6.07) is 3.45. The van der Waals surface area contributed by atoms with Crippen LogP contribution in [0.25, 0.3) is 0 Å². The van der Waals surface area contributed by atoms with Crippen molar-refractivity contribution in [2.24, 2.45) is 0 Å². The van der Waals surface area contributed by atoms with Crippen LogP contribution in [0, 0.1) is 6.92 Å². The summed E-state index contributed by atoms with van der Waals surface area (Å²) in [6.07, 6.45) is 2.33. The van der Waals surface area contributed by atoms with Crippen LogP contribution in [0.4, 0.5) is 0 Å². The van der Waals surface area contributed by atoms with Crippen molar-refractivity contribution >= 4 is 10.0 Å². The summed E-state index contributed by atoms with van der Waals surface area (Å²) in [5.74, 6) is 0.573. The molecule has 0 fully saturated rings. The molecule has 6 nitrogen and oxygen atoms in total. The van der Waals surface area contributed by atoms with Gasteiger partial charge in [-0.15, -0.1) is 10.2 Å². The highest BCUT2D eigenvalue weighted by Crippen LogP contribution is 2.32. The molecule has 0 atom stereocenters. The SMILES string of the molecule is CCOc1cc(C)c(C(C)C)cc1S(=O)(=O)n1cnnc1. The van der Waals surface area contributed by atoms with E-state index in [9.17, 15) is 8.42 Å². The summed E-state index contributed by atoms with van der Waals surface area (Å²) < 4.78 is 31.9. The van der Waals surface area contributed by atoms with Crippen molar-refractivity contribution in [2.45, 2.75) is 38.5 Å². The third-order valence-electron chi connectivity index (χ3n) is 3.21. The van der Waals surface area contributed by atoms with Crippen molar-refractivity contribution in [3.8, 4) is 5.75 Å². The summed E-state index contributed by atoms with van der Waals surface area (Å²) in [5, 5.41) is 7.12. The van der Waals surface area contributed by atoms with Gasteiger partial charge in [0.2, 0.25) is 0 Å². The lowest BCUT2D eigenvalue weighted by atomic mass is 9.98. The zero-order chi connectivity index (χ0) is 15.6.